The van der Waals surface area contributed by atoms with Gasteiger partial charge in [-0.3, -0.25) is 14.2 Å². The number of amides is 1. The summed E-state index contributed by atoms with van der Waals surface area (Å²) in [4.78, 5) is 15.5. The summed E-state index contributed by atoms with van der Waals surface area (Å²) in [7, 11) is 3.85. The topological polar surface area (TPSA) is 56.0 Å². The van der Waals surface area contributed by atoms with Crippen molar-refractivity contribution < 1.29 is 4.79 Å². The summed E-state index contributed by atoms with van der Waals surface area (Å²) < 4.78 is 3.70. The quantitative estimate of drug-likeness (QED) is 0.759. The Balaban J connectivity index is 1.93. The van der Waals surface area contributed by atoms with Gasteiger partial charge in [-0.05, 0) is 52.9 Å². The SMILES string of the molecule is Cc1nn(C)c(C)c1CN(C[C@@H]1CC=CCC1)C(=O)c1c(C)nn(C)c1C. The monoisotopic (exact) mass is 369 g/mol. The van der Waals surface area contributed by atoms with Gasteiger partial charge < -0.3 is 4.90 Å². The van der Waals surface area contributed by atoms with Crippen molar-refractivity contribution in [3.8, 4) is 0 Å². The summed E-state index contributed by atoms with van der Waals surface area (Å²) >= 11 is 0. The van der Waals surface area contributed by atoms with Crippen LogP contribution < -0.4 is 0 Å². The maximum atomic E-state index is 13.5. The molecule has 27 heavy (non-hydrogen) atoms. The minimum atomic E-state index is 0.0790. The predicted octanol–water partition coefficient (Wildman–Crippen LogP) is 3.39. The second-order valence-electron chi connectivity index (χ2n) is 7.78. The molecule has 1 aliphatic rings. The van der Waals surface area contributed by atoms with E-state index in [-0.39, 0.29) is 5.91 Å². The molecular formula is C21H31N5O. The summed E-state index contributed by atoms with van der Waals surface area (Å²) in [6.45, 7) is 9.34. The lowest BCUT2D eigenvalue weighted by atomic mass is 9.93. The van der Waals surface area contributed by atoms with Crippen molar-refractivity contribution in [2.45, 2.75) is 53.5 Å². The lowest BCUT2D eigenvalue weighted by Gasteiger charge is -2.29. The third-order valence-electron chi connectivity index (χ3n) is 5.87. The summed E-state index contributed by atoms with van der Waals surface area (Å²) in [5.41, 5.74) is 5.72. The molecule has 0 N–H and O–H groups in total. The normalized spacial score (nSPS) is 16.7. The summed E-state index contributed by atoms with van der Waals surface area (Å²) in [6.07, 6.45) is 7.77. The van der Waals surface area contributed by atoms with Gasteiger partial charge in [-0.2, -0.15) is 10.2 Å². The van der Waals surface area contributed by atoms with Crippen LogP contribution in [0.4, 0.5) is 0 Å². The highest BCUT2D eigenvalue weighted by molar-refractivity contribution is 5.96. The number of aryl methyl sites for hydroxylation is 4. The Kier molecular flexibility index (Phi) is 5.53. The van der Waals surface area contributed by atoms with Gasteiger partial charge in [-0.25, -0.2) is 0 Å². The minimum Gasteiger partial charge on any atom is -0.334 e. The van der Waals surface area contributed by atoms with Crippen LogP contribution in [0.1, 0.15) is 58.0 Å². The Labute approximate surface area is 161 Å². The molecule has 1 atom stereocenters. The van der Waals surface area contributed by atoms with E-state index >= 15 is 0 Å². The van der Waals surface area contributed by atoms with Gasteiger partial charge in [0.2, 0.25) is 0 Å². The molecule has 0 radical (unpaired) electrons. The van der Waals surface area contributed by atoms with Crippen LogP contribution in [-0.2, 0) is 20.6 Å². The number of carbonyl (C=O) groups is 1. The molecule has 2 aromatic heterocycles. The van der Waals surface area contributed by atoms with Gasteiger partial charge in [0.1, 0.15) is 0 Å². The number of aromatic nitrogens is 4. The van der Waals surface area contributed by atoms with Crippen LogP contribution in [0.25, 0.3) is 0 Å². The molecule has 0 saturated carbocycles. The molecule has 6 heteroatoms. The standard InChI is InChI=1S/C21H31N5O/c1-14-19(16(3)24(5)22-14)13-26(12-18-10-8-7-9-11-18)21(27)20-15(2)23-25(6)17(20)4/h7-8,18H,9-13H2,1-6H3/t18-/m1/s1. The van der Waals surface area contributed by atoms with Crippen molar-refractivity contribution in [3.05, 3.63) is 46.1 Å². The smallest absolute Gasteiger partial charge is 0.257 e. The summed E-state index contributed by atoms with van der Waals surface area (Å²) in [6, 6.07) is 0. The fraction of sp³-hybridized carbons (Fsp3) is 0.571. The second kappa shape index (κ2) is 7.71. The van der Waals surface area contributed by atoms with E-state index in [0.717, 1.165) is 59.7 Å². The fourth-order valence-electron chi connectivity index (χ4n) is 4.03. The first-order valence-corrected chi connectivity index (χ1v) is 9.73. The highest BCUT2D eigenvalue weighted by Crippen LogP contribution is 2.24. The van der Waals surface area contributed by atoms with E-state index in [2.05, 4.69) is 29.3 Å². The largest absolute Gasteiger partial charge is 0.334 e. The molecular weight excluding hydrogens is 338 g/mol. The van der Waals surface area contributed by atoms with Crippen molar-refractivity contribution in [1.82, 2.24) is 24.5 Å². The zero-order chi connectivity index (χ0) is 19.7. The molecule has 146 valence electrons. The number of nitrogens with zero attached hydrogens (tertiary/aromatic N) is 5. The molecule has 0 aromatic carbocycles. The van der Waals surface area contributed by atoms with E-state index in [9.17, 15) is 4.79 Å². The lowest BCUT2D eigenvalue weighted by molar-refractivity contribution is 0.0708. The molecule has 0 fully saturated rings. The zero-order valence-electron chi connectivity index (χ0n) is 17.4. The van der Waals surface area contributed by atoms with Crippen molar-refractivity contribution in [1.29, 1.82) is 0 Å². The van der Waals surface area contributed by atoms with E-state index in [1.807, 2.05) is 44.4 Å². The molecule has 0 saturated heterocycles. The summed E-state index contributed by atoms with van der Waals surface area (Å²) in [5.74, 6) is 0.587. The van der Waals surface area contributed by atoms with Gasteiger partial charge in [0.05, 0.1) is 17.0 Å². The molecule has 2 heterocycles. The van der Waals surface area contributed by atoms with Crippen LogP contribution in [0.3, 0.4) is 0 Å². The number of hydrogen-bond donors (Lipinski definition) is 0. The first-order chi connectivity index (χ1) is 12.8. The summed E-state index contributed by atoms with van der Waals surface area (Å²) in [5, 5.41) is 8.98. The van der Waals surface area contributed by atoms with Gasteiger partial charge in [-0.15, -0.1) is 0 Å². The number of allylic oxidation sites excluding steroid dienone is 2. The van der Waals surface area contributed by atoms with E-state index in [1.165, 1.54) is 0 Å². The van der Waals surface area contributed by atoms with Crippen molar-refractivity contribution in [2.24, 2.45) is 20.0 Å². The molecule has 1 aliphatic carbocycles. The van der Waals surface area contributed by atoms with Crippen molar-refractivity contribution in [3.63, 3.8) is 0 Å². The number of hydrogen-bond acceptors (Lipinski definition) is 3. The number of carbonyl (C=O) groups excluding carboxylic acids is 1. The highest BCUT2D eigenvalue weighted by atomic mass is 16.2. The van der Waals surface area contributed by atoms with Crippen LogP contribution in [0.5, 0.6) is 0 Å². The average Bonchev–Trinajstić information content (AvgIpc) is 3.03. The maximum Gasteiger partial charge on any atom is 0.257 e. The third kappa shape index (κ3) is 3.84. The fourth-order valence-corrected chi connectivity index (χ4v) is 4.03. The second-order valence-corrected chi connectivity index (χ2v) is 7.78. The van der Waals surface area contributed by atoms with Crippen LogP contribution >= 0.6 is 0 Å². The van der Waals surface area contributed by atoms with Crippen LogP contribution in [-0.4, -0.2) is 36.9 Å². The Morgan fingerprint density at radius 2 is 1.74 bits per heavy atom. The van der Waals surface area contributed by atoms with Gasteiger partial charge in [-0.1, -0.05) is 12.2 Å². The maximum absolute atomic E-state index is 13.5. The van der Waals surface area contributed by atoms with Crippen LogP contribution in [0, 0.1) is 33.6 Å². The van der Waals surface area contributed by atoms with Gasteiger partial charge in [0.25, 0.3) is 5.91 Å². The predicted molar refractivity (Wildman–Crippen MR) is 107 cm³/mol. The number of rotatable bonds is 5. The molecule has 3 rings (SSSR count). The van der Waals surface area contributed by atoms with Crippen LogP contribution in [0.15, 0.2) is 12.2 Å². The molecule has 2 aromatic rings. The molecule has 0 spiro atoms. The van der Waals surface area contributed by atoms with E-state index in [4.69, 9.17) is 0 Å². The Morgan fingerprint density at radius 1 is 1.07 bits per heavy atom. The average molecular weight is 370 g/mol. The molecule has 0 aliphatic heterocycles. The minimum absolute atomic E-state index is 0.0790. The van der Waals surface area contributed by atoms with Gasteiger partial charge in [0, 0.05) is 44.1 Å². The van der Waals surface area contributed by atoms with Gasteiger partial charge in [0.15, 0.2) is 0 Å². The van der Waals surface area contributed by atoms with E-state index < -0.39 is 0 Å². The van der Waals surface area contributed by atoms with E-state index in [1.54, 1.807) is 4.68 Å². The van der Waals surface area contributed by atoms with E-state index in [0.29, 0.717) is 12.5 Å². The molecule has 0 bridgehead atoms. The zero-order valence-corrected chi connectivity index (χ0v) is 17.4. The Hall–Kier alpha value is -2.37. The Morgan fingerprint density at radius 3 is 2.26 bits per heavy atom. The Bertz CT molecular complexity index is 874. The van der Waals surface area contributed by atoms with Crippen LogP contribution in [0.2, 0.25) is 0 Å². The molecule has 1 amide bonds. The molecule has 6 nitrogen and oxygen atoms in total. The van der Waals surface area contributed by atoms with Crippen molar-refractivity contribution in [2.75, 3.05) is 6.54 Å². The van der Waals surface area contributed by atoms with Gasteiger partial charge >= 0.3 is 0 Å². The first kappa shape index (κ1) is 19.4. The third-order valence-corrected chi connectivity index (χ3v) is 5.87. The lowest BCUT2D eigenvalue weighted by Crippen LogP contribution is -2.36. The first-order valence-electron chi connectivity index (χ1n) is 9.73. The highest BCUT2D eigenvalue weighted by Gasteiger charge is 2.27. The van der Waals surface area contributed by atoms with Crippen molar-refractivity contribution >= 4 is 5.91 Å². The molecule has 0 unspecified atom stereocenters.